The van der Waals surface area contributed by atoms with E-state index in [-0.39, 0.29) is 5.91 Å². The Labute approximate surface area is 114 Å². The summed E-state index contributed by atoms with van der Waals surface area (Å²) in [6.07, 6.45) is 5.28. The van der Waals surface area contributed by atoms with Gasteiger partial charge in [-0.15, -0.1) is 0 Å². The molecule has 1 aromatic carbocycles. The van der Waals surface area contributed by atoms with Gasteiger partial charge in [0.25, 0.3) is 0 Å². The van der Waals surface area contributed by atoms with Gasteiger partial charge in [-0.1, -0.05) is 25.3 Å². The molecule has 0 aliphatic heterocycles. The zero-order valence-electron chi connectivity index (χ0n) is 11.4. The second kappa shape index (κ2) is 7.14. The Morgan fingerprint density at radius 3 is 2.95 bits per heavy atom. The highest BCUT2D eigenvalue weighted by Gasteiger charge is 2.16. The maximum absolute atomic E-state index is 11.7. The number of hydrogen-bond donors (Lipinski definition) is 2. The van der Waals surface area contributed by atoms with E-state index in [4.69, 9.17) is 4.74 Å². The highest BCUT2D eigenvalue weighted by Crippen LogP contribution is 2.28. The minimum absolute atomic E-state index is 0.0122. The lowest BCUT2D eigenvalue weighted by molar-refractivity contribution is -0.115. The zero-order chi connectivity index (χ0) is 13.5. The van der Waals surface area contributed by atoms with Gasteiger partial charge in [0.15, 0.2) is 0 Å². The molecule has 2 N–H and O–H groups in total. The van der Waals surface area contributed by atoms with Gasteiger partial charge in [0.1, 0.15) is 5.75 Å². The summed E-state index contributed by atoms with van der Waals surface area (Å²) in [6.45, 7) is 1.29. The van der Waals surface area contributed by atoms with E-state index in [2.05, 4.69) is 10.6 Å². The number of amides is 1. The fourth-order valence-corrected chi connectivity index (χ4v) is 2.20. The van der Waals surface area contributed by atoms with E-state index in [1.807, 2.05) is 24.3 Å². The van der Waals surface area contributed by atoms with E-state index < -0.39 is 0 Å². The Morgan fingerprint density at radius 2 is 2.26 bits per heavy atom. The molecule has 4 heteroatoms. The molecule has 0 aromatic heterocycles. The molecule has 0 heterocycles. The van der Waals surface area contributed by atoms with Crippen LogP contribution in [-0.4, -0.2) is 26.1 Å². The van der Waals surface area contributed by atoms with Crippen LogP contribution in [0.25, 0.3) is 0 Å². The standard InChI is InChI=1S/C15H22N2O2/c1-19-14-7-3-6-13(10-14)17-15(18)11-16-9-8-12-4-2-5-12/h3,6-7,10,12,16H,2,4-5,8-9,11H2,1H3,(H,17,18). The monoisotopic (exact) mass is 262 g/mol. The number of hydrogen-bond acceptors (Lipinski definition) is 3. The summed E-state index contributed by atoms with van der Waals surface area (Å²) in [5.41, 5.74) is 0.769. The van der Waals surface area contributed by atoms with Crippen LogP contribution in [0.1, 0.15) is 25.7 Å². The number of nitrogens with one attached hydrogen (secondary N) is 2. The molecule has 1 fully saturated rings. The molecule has 1 aromatic rings. The first-order valence-corrected chi connectivity index (χ1v) is 6.92. The SMILES string of the molecule is COc1cccc(NC(=O)CNCCC2CCC2)c1. The predicted molar refractivity (Wildman–Crippen MR) is 76.5 cm³/mol. The summed E-state index contributed by atoms with van der Waals surface area (Å²) in [5.74, 6) is 1.62. The molecule has 4 nitrogen and oxygen atoms in total. The van der Waals surface area contributed by atoms with Crippen LogP contribution in [-0.2, 0) is 4.79 Å². The first kappa shape index (κ1) is 13.9. The fraction of sp³-hybridized carbons (Fsp3) is 0.533. The summed E-state index contributed by atoms with van der Waals surface area (Å²) in [7, 11) is 1.61. The van der Waals surface area contributed by atoms with Crippen molar-refractivity contribution in [2.45, 2.75) is 25.7 Å². The highest BCUT2D eigenvalue weighted by atomic mass is 16.5. The minimum atomic E-state index is -0.0122. The molecule has 104 valence electrons. The Kier molecular flexibility index (Phi) is 5.21. The second-order valence-corrected chi connectivity index (χ2v) is 5.04. The van der Waals surface area contributed by atoms with Crippen LogP contribution in [0.3, 0.4) is 0 Å². The fourth-order valence-electron chi connectivity index (χ4n) is 2.20. The number of benzene rings is 1. The lowest BCUT2D eigenvalue weighted by atomic mass is 9.83. The molecule has 0 radical (unpaired) electrons. The number of anilines is 1. The van der Waals surface area contributed by atoms with Gasteiger partial charge >= 0.3 is 0 Å². The van der Waals surface area contributed by atoms with E-state index >= 15 is 0 Å². The molecule has 2 rings (SSSR count). The molecule has 1 saturated carbocycles. The van der Waals surface area contributed by atoms with Crippen LogP contribution < -0.4 is 15.4 Å². The summed E-state index contributed by atoms with van der Waals surface area (Å²) in [6, 6.07) is 7.38. The van der Waals surface area contributed by atoms with Crippen molar-refractivity contribution in [2.24, 2.45) is 5.92 Å². The maximum atomic E-state index is 11.7. The van der Waals surface area contributed by atoms with Crippen molar-refractivity contribution in [1.29, 1.82) is 0 Å². The van der Waals surface area contributed by atoms with Crippen molar-refractivity contribution in [2.75, 3.05) is 25.5 Å². The number of rotatable bonds is 7. The smallest absolute Gasteiger partial charge is 0.238 e. The Bertz CT molecular complexity index is 416. The Balaban J connectivity index is 1.65. The normalized spacial score (nSPS) is 14.8. The van der Waals surface area contributed by atoms with Crippen molar-refractivity contribution in [1.82, 2.24) is 5.32 Å². The molecular weight excluding hydrogens is 240 g/mol. The van der Waals surface area contributed by atoms with Crippen molar-refractivity contribution < 1.29 is 9.53 Å². The molecule has 0 atom stereocenters. The van der Waals surface area contributed by atoms with Crippen LogP contribution in [0.15, 0.2) is 24.3 Å². The maximum Gasteiger partial charge on any atom is 0.238 e. The average molecular weight is 262 g/mol. The molecule has 1 amide bonds. The largest absolute Gasteiger partial charge is 0.497 e. The van der Waals surface area contributed by atoms with Crippen LogP contribution in [0, 0.1) is 5.92 Å². The summed E-state index contributed by atoms with van der Waals surface area (Å²) in [4.78, 5) is 11.7. The van der Waals surface area contributed by atoms with Gasteiger partial charge in [0.05, 0.1) is 13.7 Å². The van der Waals surface area contributed by atoms with Crippen LogP contribution in [0.2, 0.25) is 0 Å². The van der Waals surface area contributed by atoms with Gasteiger partial charge in [-0.05, 0) is 31.0 Å². The minimum Gasteiger partial charge on any atom is -0.497 e. The van der Waals surface area contributed by atoms with Crippen molar-refractivity contribution in [3.63, 3.8) is 0 Å². The van der Waals surface area contributed by atoms with E-state index in [9.17, 15) is 4.79 Å². The second-order valence-electron chi connectivity index (χ2n) is 5.04. The quantitative estimate of drug-likeness (QED) is 0.742. The first-order chi connectivity index (χ1) is 9.28. The lowest BCUT2D eigenvalue weighted by Gasteiger charge is -2.25. The van der Waals surface area contributed by atoms with Gasteiger partial charge in [-0.25, -0.2) is 0 Å². The number of ether oxygens (including phenoxy) is 1. The molecule has 0 spiro atoms. The van der Waals surface area contributed by atoms with E-state index in [1.54, 1.807) is 7.11 Å². The Morgan fingerprint density at radius 1 is 1.42 bits per heavy atom. The van der Waals surface area contributed by atoms with Gasteiger partial charge in [0, 0.05) is 11.8 Å². The van der Waals surface area contributed by atoms with Crippen LogP contribution in [0.4, 0.5) is 5.69 Å². The summed E-state index contributed by atoms with van der Waals surface area (Å²) >= 11 is 0. The van der Waals surface area contributed by atoms with Gasteiger partial charge < -0.3 is 15.4 Å². The zero-order valence-corrected chi connectivity index (χ0v) is 11.4. The van der Waals surface area contributed by atoms with Gasteiger partial charge in [-0.3, -0.25) is 4.79 Å². The lowest BCUT2D eigenvalue weighted by Crippen LogP contribution is -2.30. The predicted octanol–water partition coefficient (Wildman–Crippen LogP) is 2.41. The van der Waals surface area contributed by atoms with Crippen LogP contribution >= 0.6 is 0 Å². The first-order valence-electron chi connectivity index (χ1n) is 6.92. The highest BCUT2D eigenvalue weighted by molar-refractivity contribution is 5.92. The molecule has 1 aliphatic rings. The molecule has 1 aliphatic carbocycles. The average Bonchev–Trinajstić information content (AvgIpc) is 2.36. The van der Waals surface area contributed by atoms with E-state index in [0.717, 1.165) is 23.9 Å². The number of methoxy groups -OCH3 is 1. The molecule has 0 bridgehead atoms. The third-order valence-electron chi connectivity index (χ3n) is 3.59. The summed E-state index contributed by atoms with van der Waals surface area (Å²) in [5, 5.41) is 6.04. The topological polar surface area (TPSA) is 50.4 Å². The summed E-state index contributed by atoms with van der Waals surface area (Å²) < 4.78 is 5.11. The van der Waals surface area contributed by atoms with Gasteiger partial charge in [-0.2, -0.15) is 0 Å². The third kappa shape index (κ3) is 4.56. The van der Waals surface area contributed by atoms with Crippen molar-refractivity contribution >= 4 is 11.6 Å². The van der Waals surface area contributed by atoms with Crippen molar-refractivity contribution in [3.8, 4) is 5.75 Å². The van der Waals surface area contributed by atoms with E-state index in [1.165, 1.54) is 25.7 Å². The molecular formula is C15H22N2O2. The third-order valence-corrected chi connectivity index (χ3v) is 3.59. The van der Waals surface area contributed by atoms with Gasteiger partial charge in [0.2, 0.25) is 5.91 Å². The number of carbonyl (C=O) groups is 1. The molecule has 0 saturated heterocycles. The molecule has 0 unspecified atom stereocenters. The number of carbonyl (C=O) groups excluding carboxylic acids is 1. The van der Waals surface area contributed by atoms with E-state index in [0.29, 0.717) is 6.54 Å². The van der Waals surface area contributed by atoms with Crippen molar-refractivity contribution in [3.05, 3.63) is 24.3 Å². The molecule has 19 heavy (non-hydrogen) atoms. The Hall–Kier alpha value is -1.55. The van der Waals surface area contributed by atoms with Crippen LogP contribution in [0.5, 0.6) is 5.75 Å².